The van der Waals surface area contributed by atoms with Crippen molar-refractivity contribution in [2.24, 2.45) is 0 Å². The van der Waals surface area contributed by atoms with E-state index < -0.39 is 23.2 Å². The van der Waals surface area contributed by atoms with Crippen LogP contribution in [-0.4, -0.2) is 57.4 Å². The fourth-order valence-electron chi connectivity index (χ4n) is 3.45. The molecule has 0 aliphatic carbocycles. The molecule has 170 valence electrons. The molecule has 0 unspecified atom stereocenters. The predicted octanol–water partition coefficient (Wildman–Crippen LogP) is 3.42. The van der Waals surface area contributed by atoms with Crippen LogP contribution in [0.1, 0.15) is 47.5 Å². The first-order valence-electron chi connectivity index (χ1n) is 10.3. The molecular formula is C21H30ClN5O4. The predicted molar refractivity (Wildman–Crippen MR) is 121 cm³/mol. The average Bonchev–Trinajstić information content (AvgIpc) is 3.05. The SMILES string of the molecule is CC(C)(C)OC(=O)N(c1c(Cl)cnc2[nH]cc(NC(=O)C(C)(C)O)c12)[C@@H]1CCCNC1. The number of amides is 2. The van der Waals surface area contributed by atoms with Crippen molar-refractivity contribution in [1.29, 1.82) is 0 Å². The number of aliphatic hydroxyl groups is 1. The number of H-pyrrole nitrogens is 1. The first-order chi connectivity index (χ1) is 14.4. The van der Waals surface area contributed by atoms with Crippen molar-refractivity contribution in [3.63, 3.8) is 0 Å². The molecule has 10 heteroatoms. The Balaban J connectivity index is 2.15. The number of aromatic amines is 1. The minimum absolute atomic E-state index is 0.195. The van der Waals surface area contributed by atoms with E-state index in [0.29, 0.717) is 29.0 Å². The molecule has 3 heterocycles. The van der Waals surface area contributed by atoms with E-state index in [0.717, 1.165) is 19.4 Å². The van der Waals surface area contributed by atoms with Gasteiger partial charge in [0, 0.05) is 12.7 Å². The van der Waals surface area contributed by atoms with Crippen LogP contribution in [0.5, 0.6) is 0 Å². The molecule has 0 saturated carbocycles. The van der Waals surface area contributed by atoms with Crippen molar-refractivity contribution >= 4 is 46.0 Å². The molecule has 0 bridgehead atoms. The molecule has 0 spiro atoms. The fraction of sp³-hybridized carbons (Fsp3) is 0.571. The smallest absolute Gasteiger partial charge is 0.415 e. The molecule has 2 amide bonds. The van der Waals surface area contributed by atoms with E-state index in [1.54, 1.807) is 31.9 Å². The van der Waals surface area contributed by atoms with Gasteiger partial charge in [0.05, 0.1) is 34.0 Å². The Bertz CT molecular complexity index is 971. The zero-order valence-electron chi connectivity index (χ0n) is 18.5. The number of halogens is 1. The van der Waals surface area contributed by atoms with Crippen molar-refractivity contribution in [3.8, 4) is 0 Å². The summed E-state index contributed by atoms with van der Waals surface area (Å²) in [5.74, 6) is -0.595. The monoisotopic (exact) mass is 451 g/mol. The van der Waals surface area contributed by atoms with Gasteiger partial charge in [-0.2, -0.15) is 0 Å². The van der Waals surface area contributed by atoms with Crippen LogP contribution in [0.25, 0.3) is 11.0 Å². The Morgan fingerprint density at radius 2 is 2.03 bits per heavy atom. The number of hydrogen-bond acceptors (Lipinski definition) is 6. The van der Waals surface area contributed by atoms with Crippen LogP contribution in [0.4, 0.5) is 16.2 Å². The third-order valence-corrected chi connectivity index (χ3v) is 5.18. The number of piperidine rings is 1. The molecule has 9 nitrogen and oxygen atoms in total. The molecule has 0 radical (unpaired) electrons. The van der Waals surface area contributed by atoms with E-state index >= 15 is 0 Å². The third kappa shape index (κ3) is 5.28. The Hall–Kier alpha value is -2.36. The lowest BCUT2D eigenvalue weighted by atomic mass is 10.0. The molecule has 0 aromatic carbocycles. The van der Waals surface area contributed by atoms with Crippen LogP contribution in [0.3, 0.4) is 0 Å². The van der Waals surface area contributed by atoms with Gasteiger partial charge in [-0.25, -0.2) is 9.78 Å². The number of fused-ring (bicyclic) bond motifs is 1. The van der Waals surface area contributed by atoms with Crippen LogP contribution < -0.4 is 15.5 Å². The molecule has 1 aliphatic heterocycles. The second-order valence-electron chi connectivity index (χ2n) is 9.24. The molecule has 1 atom stereocenters. The third-order valence-electron chi connectivity index (χ3n) is 4.90. The van der Waals surface area contributed by atoms with Crippen LogP contribution in [0, 0.1) is 0 Å². The van der Waals surface area contributed by atoms with Crippen LogP contribution in [-0.2, 0) is 9.53 Å². The second-order valence-corrected chi connectivity index (χ2v) is 9.65. The van der Waals surface area contributed by atoms with Gasteiger partial charge in [0.15, 0.2) is 0 Å². The topological polar surface area (TPSA) is 120 Å². The molecule has 1 saturated heterocycles. The van der Waals surface area contributed by atoms with Crippen LogP contribution in [0.2, 0.25) is 5.02 Å². The van der Waals surface area contributed by atoms with Crippen molar-refractivity contribution in [3.05, 3.63) is 17.4 Å². The molecule has 1 aliphatic rings. The molecular weight excluding hydrogens is 422 g/mol. The van der Waals surface area contributed by atoms with E-state index in [2.05, 4.69) is 20.6 Å². The Labute approximate surface area is 186 Å². The van der Waals surface area contributed by atoms with E-state index in [4.69, 9.17) is 16.3 Å². The van der Waals surface area contributed by atoms with E-state index in [-0.39, 0.29) is 11.1 Å². The maximum Gasteiger partial charge on any atom is 0.415 e. The van der Waals surface area contributed by atoms with Crippen molar-refractivity contribution in [1.82, 2.24) is 15.3 Å². The maximum absolute atomic E-state index is 13.3. The summed E-state index contributed by atoms with van der Waals surface area (Å²) in [4.78, 5) is 34.6. The van der Waals surface area contributed by atoms with E-state index in [1.165, 1.54) is 20.0 Å². The summed E-state index contributed by atoms with van der Waals surface area (Å²) in [5.41, 5.74) is -1.07. The lowest BCUT2D eigenvalue weighted by Crippen LogP contribution is -2.50. The minimum atomic E-state index is -1.59. The summed E-state index contributed by atoms with van der Waals surface area (Å²) in [7, 11) is 0. The van der Waals surface area contributed by atoms with E-state index in [9.17, 15) is 14.7 Å². The lowest BCUT2D eigenvalue weighted by Gasteiger charge is -2.36. The zero-order chi connectivity index (χ0) is 23.0. The summed E-state index contributed by atoms with van der Waals surface area (Å²) in [6.07, 6.45) is 4.16. The van der Waals surface area contributed by atoms with Crippen molar-refractivity contribution in [2.75, 3.05) is 23.3 Å². The second kappa shape index (κ2) is 8.64. The van der Waals surface area contributed by atoms with Crippen LogP contribution in [0.15, 0.2) is 12.4 Å². The minimum Gasteiger partial charge on any atom is -0.443 e. The number of anilines is 2. The number of hydrogen-bond donors (Lipinski definition) is 4. The summed E-state index contributed by atoms with van der Waals surface area (Å²) < 4.78 is 5.71. The number of rotatable bonds is 4. The first kappa shape index (κ1) is 23.3. The van der Waals surface area contributed by atoms with Crippen LogP contribution >= 0.6 is 11.6 Å². The standard InChI is InChI=1S/C21H30ClN5O4/c1-20(2,3)31-19(29)27(12-7-6-8-23-9-12)16-13(22)10-24-17-15(16)14(11-25-17)26-18(28)21(4,5)30/h10-12,23,30H,6-9H2,1-5H3,(H,24,25)(H,26,28)/t12-/m1/s1. The number of carbonyl (C=O) groups excluding carboxylic acids is 2. The first-order valence-corrected chi connectivity index (χ1v) is 10.7. The van der Waals surface area contributed by atoms with Gasteiger partial charge < -0.3 is 25.5 Å². The molecule has 31 heavy (non-hydrogen) atoms. The van der Waals surface area contributed by atoms with Gasteiger partial charge in [-0.15, -0.1) is 0 Å². The quantitative estimate of drug-likeness (QED) is 0.565. The highest BCUT2D eigenvalue weighted by atomic mass is 35.5. The number of nitrogens with zero attached hydrogens (tertiary/aromatic N) is 2. The summed E-state index contributed by atoms with van der Waals surface area (Å²) in [6.45, 7) is 9.64. The molecule has 4 N–H and O–H groups in total. The largest absolute Gasteiger partial charge is 0.443 e. The molecule has 1 fully saturated rings. The van der Waals surface area contributed by atoms with Crippen molar-refractivity contribution < 1.29 is 19.4 Å². The highest BCUT2D eigenvalue weighted by molar-refractivity contribution is 6.36. The molecule has 2 aromatic rings. The normalized spacial score (nSPS) is 17.5. The highest BCUT2D eigenvalue weighted by Crippen LogP contribution is 2.40. The fourth-order valence-corrected chi connectivity index (χ4v) is 3.69. The lowest BCUT2D eigenvalue weighted by molar-refractivity contribution is -0.130. The number of ether oxygens (including phenoxy) is 1. The van der Waals surface area contributed by atoms with Gasteiger partial charge in [0.25, 0.3) is 5.91 Å². The number of pyridine rings is 1. The number of carbonyl (C=O) groups is 2. The average molecular weight is 452 g/mol. The van der Waals surface area contributed by atoms with Crippen molar-refractivity contribution in [2.45, 2.75) is 64.7 Å². The van der Waals surface area contributed by atoms with Gasteiger partial charge >= 0.3 is 6.09 Å². The maximum atomic E-state index is 13.3. The van der Waals surface area contributed by atoms with Gasteiger partial charge in [0.2, 0.25) is 0 Å². The Kier molecular flexibility index (Phi) is 6.50. The summed E-state index contributed by atoms with van der Waals surface area (Å²) in [6, 6.07) is -0.195. The van der Waals surface area contributed by atoms with Gasteiger partial charge in [0.1, 0.15) is 16.8 Å². The Morgan fingerprint density at radius 3 is 2.61 bits per heavy atom. The van der Waals surface area contributed by atoms with Gasteiger partial charge in [-0.1, -0.05) is 11.6 Å². The molecule has 2 aromatic heterocycles. The van der Waals surface area contributed by atoms with E-state index in [1.807, 2.05) is 0 Å². The number of aromatic nitrogens is 2. The zero-order valence-corrected chi connectivity index (χ0v) is 19.3. The number of nitrogens with one attached hydrogen (secondary N) is 3. The summed E-state index contributed by atoms with van der Waals surface area (Å²) in [5, 5.41) is 16.8. The Morgan fingerprint density at radius 1 is 1.32 bits per heavy atom. The summed E-state index contributed by atoms with van der Waals surface area (Å²) >= 11 is 6.58. The van der Waals surface area contributed by atoms with Gasteiger partial charge in [-0.05, 0) is 54.0 Å². The highest BCUT2D eigenvalue weighted by Gasteiger charge is 2.35. The van der Waals surface area contributed by atoms with Gasteiger partial charge in [-0.3, -0.25) is 9.69 Å². The molecule has 3 rings (SSSR count).